The van der Waals surface area contributed by atoms with Gasteiger partial charge in [-0.15, -0.1) is 0 Å². The van der Waals surface area contributed by atoms with Crippen LogP contribution in [0.3, 0.4) is 0 Å². The van der Waals surface area contributed by atoms with Gasteiger partial charge in [-0.05, 0) is 26.3 Å². The number of carbonyl (C=O) groups excluding carboxylic acids is 2. The molecule has 1 aromatic carbocycles. The van der Waals surface area contributed by atoms with Gasteiger partial charge in [0.15, 0.2) is 5.78 Å². The Labute approximate surface area is 119 Å². The lowest BCUT2D eigenvalue weighted by Gasteiger charge is -2.27. The summed E-state index contributed by atoms with van der Waals surface area (Å²) in [6.45, 7) is 6.61. The minimum Gasteiger partial charge on any atom is -0.465 e. The zero-order valence-corrected chi connectivity index (χ0v) is 12.4. The molecule has 0 aliphatic carbocycles. The average molecular weight is 278 g/mol. The van der Waals surface area contributed by atoms with Crippen molar-refractivity contribution in [3.63, 3.8) is 0 Å². The lowest BCUT2D eigenvalue weighted by atomic mass is 9.78. The Bertz CT molecular complexity index is 465. The van der Waals surface area contributed by atoms with Crippen LogP contribution in [0.5, 0.6) is 0 Å². The zero-order valence-electron chi connectivity index (χ0n) is 12.4. The van der Waals surface area contributed by atoms with Gasteiger partial charge in [-0.1, -0.05) is 37.3 Å². The van der Waals surface area contributed by atoms with Gasteiger partial charge in [-0.3, -0.25) is 9.59 Å². The fourth-order valence-electron chi connectivity index (χ4n) is 2.06. The molecule has 1 aromatic rings. The summed E-state index contributed by atoms with van der Waals surface area (Å²) in [5, 5.41) is 10.3. The lowest BCUT2D eigenvalue weighted by Crippen LogP contribution is -2.40. The normalized spacial score (nSPS) is 14.4. The Morgan fingerprint density at radius 3 is 2.30 bits per heavy atom. The molecular weight excluding hydrogens is 256 g/mol. The monoisotopic (exact) mass is 278 g/mol. The molecule has 0 saturated heterocycles. The van der Waals surface area contributed by atoms with Crippen LogP contribution in [0.4, 0.5) is 0 Å². The Morgan fingerprint density at radius 1 is 1.25 bits per heavy atom. The van der Waals surface area contributed by atoms with E-state index in [4.69, 9.17) is 4.74 Å². The summed E-state index contributed by atoms with van der Waals surface area (Å²) < 4.78 is 4.92. The summed E-state index contributed by atoms with van der Waals surface area (Å²) >= 11 is 0. The molecule has 2 unspecified atom stereocenters. The van der Waals surface area contributed by atoms with Gasteiger partial charge in [0.25, 0.3) is 0 Å². The van der Waals surface area contributed by atoms with Crippen LogP contribution in [0, 0.1) is 11.3 Å². The number of Topliss-reactive ketones (excluding diaryl/α,β-unsaturated/α-hetero) is 1. The SMILES string of the molecule is CCOC(=O)C(C)(C)C(=O)C(C)C(O)c1ccccc1. The number of aliphatic hydroxyl groups excluding tert-OH is 1. The Hall–Kier alpha value is -1.68. The molecule has 110 valence electrons. The Morgan fingerprint density at radius 2 is 1.80 bits per heavy atom. The second-order valence-corrected chi connectivity index (χ2v) is 5.35. The van der Waals surface area contributed by atoms with Crippen LogP contribution >= 0.6 is 0 Å². The van der Waals surface area contributed by atoms with Crippen molar-refractivity contribution < 1.29 is 19.4 Å². The highest BCUT2D eigenvalue weighted by Crippen LogP contribution is 2.30. The van der Waals surface area contributed by atoms with Crippen LogP contribution < -0.4 is 0 Å². The number of esters is 1. The van der Waals surface area contributed by atoms with Gasteiger partial charge in [0.05, 0.1) is 12.7 Å². The molecule has 20 heavy (non-hydrogen) atoms. The summed E-state index contributed by atoms with van der Waals surface area (Å²) in [6, 6.07) is 8.95. The standard InChI is InChI=1S/C16H22O4/c1-5-20-15(19)16(3,4)14(18)11(2)13(17)12-9-7-6-8-10-12/h6-11,13,17H,5H2,1-4H3. The summed E-state index contributed by atoms with van der Waals surface area (Å²) in [7, 11) is 0. The number of benzene rings is 1. The molecule has 0 heterocycles. The van der Waals surface area contributed by atoms with Crippen LogP contribution in [0.15, 0.2) is 30.3 Å². The van der Waals surface area contributed by atoms with E-state index in [0.29, 0.717) is 5.56 Å². The smallest absolute Gasteiger partial charge is 0.319 e. The predicted octanol–water partition coefficient (Wildman–Crippen LogP) is 2.51. The molecule has 0 saturated carbocycles. The third-order valence-corrected chi connectivity index (χ3v) is 3.43. The van der Waals surface area contributed by atoms with Gasteiger partial charge < -0.3 is 9.84 Å². The second-order valence-electron chi connectivity index (χ2n) is 5.35. The fraction of sp³-hybridized carbons (Fsp3) is 0.500. The fourth-order valence-corrected chi connectivity index (χ4v) is 2.06. The van der Waals surface area contributed by atoms with E-state index in [1.807, 2.05) is 6.07 Å². The third kappa shape index (κ3) is 3.45. The molecule has 0 spiro atoms. The van der Waals surface area contributed by atoms with E-state index in [2.05, 4.69) is 0 Å². The minimum absolute atomic E-state index is 0.227. The number of hydrogen-bond acceptors (Lipinski definition) is 4. The number of ketones is 1. The quantitative estimate of drug-likeness (QED) is 0.641. The topological polar surface area (TPSA) is 63.6 Å². The van der Waals surface area contributed by atoms with Crippen LogP contribution in [0.1, 0.15) is 39.4 Å². The third-order valence-electron chi connectivity index (χ3n) is 3.43. The largest absolute Gasteiger partial charge is 0.465 e. The van der Waals surface area contributed by atoms with Crippen molar-refractivity contribution in [2.24, 2.45) is 11.3 Å². The van der Waals surface area contributed by atoms with Gasteiger partial charge in [0.2, 0.25) is 0 Å². The van der Waals surface area contributed by atoms with Crippen molar-refractivity contribution in [1.29, 1.82) is 0 Å². The van der Waals surface area contributed by atoms with E-state index in [0.717, 1.165) is 0 Å². The van der Waals surface area contributed by atoms with E-state index in [-0.39, 0.29) is 12.4 Å². The summed E-state index contributed by atoms with van der Waals surface area (Å²) in [5.74, 6) is -1.57. The first kappa shape index (κ1) is 16.4. The first-order valence-corrected chi connectivity index (χ1v) is 6.77. The van der Waals surface area contributed by atoms with Crippen molar-refractivity contribution in [2.45, 2.75) is 33.8 Å². The van der Waals surface area contributed by atoms with E-state index in [1.165, 1.54) is 13.8 Å². The molecule has 1 rings (SSSR count). The van der Waals surface area contributed by atoms with Crippen LogP contribution in [0.25, 0.3) is 0 Å². The zero-order chi connectivity index (χ0) is 15.3. The Balaban J connectivity index is 2.88. The summed E-state index contributed by atoms with van der Waals surface area (Å²) in [5.41, 5.74) is -0.599. The average Bonchev–Trinajstić information content (AvgIpc) is 2.46. The van der Waals surface area contributed by atoms with Crippen molar-refractivity contribution in [1.82, 2.24) is 0 Å². The van der Waals surface area contributed by atoms with E-state index in [1.54, 1.807) is 38.1 Å². The molecule has 2 atom stereocenters. The highest BCUT2D eigenvalue weighted by Gasteiger charge is 2.42. The van der Waals surface area contributed by atoms with Crippen molar-refractivity contribution in [3.8, 4) is 0 Å². The van der Waals surface area contributed by atoms with Crippen molar-refractivity contribution in [3.05, 3.63) is 35.9 Å². The highest BCUT2D eigenvalue weighted by atomic mass is 16.5. The van der Waals surface area contributed by atoms with Crippen molar-refractivity contribution in [2.75, 3.05) is 6.61 Å². The molecule has 0 amide bonds. The summed E-state index contributed by atoms with van der Waals surface area (Å²) in [6.07, 6.45) is -0.933. The predicted molar refractivity (Wildman–Crippen MR) is 76.0 cm³/mol. The molecule has 4 heteroatoms. The molecule has 0 fully saturated rings. The van der Waals surface area contributed by atoms with Gasteiger partial charge in [-0.25, -0.2) is 0 Å². The van der Waals surface area contributed by atoms with Crippen LogP contribution in [-0.2, 0) is 14.3 Å². The molecular formula is C16H22O4. The van der Waals surface area contributed by atoms with E-state index >= 15 is 0 Å². The maximum Gasteiger partial charge on any atom is 0.319 e. The minimum atomic E-state index is -1.26. The van der Waals surface area contributed by atoms with E-state index < -0.39 is 23.4 Å². The van der Waals surface area contributed by atoms with Gasteiger partial charge >= 0.3 is 5.97 Å². The van der Waals surface area contributed by atoms with Crippen LogP contribution in [0.2, 0.25) is 0 Å². The van der Waals surface area contributed by atoms with E-state index in [9.17, 15) is 14.7 Å². The van der Waals surface area contributed by atoms with Gasteiger partial charge in [0.1, 0.15) is 5.41 Å². The first-order chi connectivity index (χ1) is 9.32. The van der Waals surface area contributed by atoms with Crippen LogP contribution in [-0.4, -0.2) is 23.5 Å². The maximum atomic E-state index is 12.4. The molecule has 0 bridgehead atoms. The van der Waals surface area contributed by atoms with Gasteiger partial charge in [0, 0.05) is 5.92 Å². The molecule has 4 nitrogen and oxygen atoms in total. The lowest BCUT2D eigenvalue weighted by molar-refractivity contribution is -0.160. The number of carbonyl (C=O) groups is 2. The molecule has 0 radical (unpaired) electrons. The summed E-state index contributed by atoms with van der Waals surface area (Å²) in [4.78, 5) is 24.3. The second kappa shape index (κ2) is 6.66. The number of rotatable bonds is 6. The number of hydrogen-bond donors (Lipinski definition) is 1. The highest BCUT2D eigenvalue weighted by molar-refractivity contribution is 6.04. The first-order valence-electron chi connectivity index (χ1n) is 6.77. The number of aliphatic hydroxyl groups is 1. The Kier molecular flexibility index (Phi) is 5.45. The van der Waals surface area contributed by atoms with Gasteiger partial charge in [-0.2, -0.15) is 0 Å². The molecule has 0 aliphatic heterocycles. The number of ether oxygens (including phenoxy) is 1. The molecule has 0 aromatic heterocycles. The maximum absolute atomic E-state index is 12.4. The molecule has 1 N–H and O–H groups in total. The molecule has 0 aliphatic rings. The van der Waals surface area contributed by atoms with Crippen molar-refractivity contribution >= 4 is 11.8 Å².